The van der Waals surface area contributed by atoms with Gasteiger partial charge in [-0.05, 0) is 37.5 Å². The van der Waals surface area contributed by atoms with Gasteiger partial charge in [0.15, 0.2) is 5.96 Å². The van der Waals surface area contributed by atoms with Crippen LogP contribution >= 0.6 is 0 Å². The average Bonchev–Trinajstić information content (AvgIpc) is 2.98. The van der Waals surface area contributed by atoms with E-state index in [1.807, 2.05) is 49.2 Å². The van der Waals surface area contributed by atoms with Crippen LogP contribution in [0.2, 0.25) is 0 Å². The largest absolute Gasteiger partial charge is 0.489 e. The van der Waals surface area contributed by atoms with Crippen molar-refractivity contribution in [2.45, 2.75) is 26.4 Å². The maximum absolute atomic E-state index is 5.96. The van der Waals surface area contributed by atoms with Gasteiger partial charge in [0.1, 0.15) is 11.9 Å². The summed E-state index contributed by atoms with van der Waals surface area (Å²) in [6.07, 6.45) is 4.86. The lowest BCUT2D eigenvalue weighted by molar-refractivity contribution is 0.222. The minimum Gasteiger partial charge on any atom is -0.489 e. The first-order valence-electron chi connectivity index (χ1n) is 8.23. The summed E-state index contributed by atoms with van der Waals surface area (Å²) >= 11 is 0. The summed E-state index contributed by atoms with van der Waals surface area (Å²) in [6, 6.07) is 8.04. The minimum absolute atomic E-state index is 0.0444. The molecule has 0 radical (unpaired) electrons. The maximum atomic E-state index is 5.96. The number of hydrogen-bond acceptors (Lipinski definition) is 3. The van der Waals surface area contributed by atoms with E-state index < -0.39 is 0 Å². The monoisotopic (exact) mass is 329 g/mol. The summed E-state index contributed by atoms with van der Waals surface area (Å²) in [6.45, 7) is 5.58. The van der Waals surface area contributed by atoms with Gasteiger partial charge in [0, 0.05) is 26.8 Å². The van der Waals surface area contributed by atoms with Crippen molar-refractivity contribution in [1.82, 2.24) is 20.4 Å². The lowest BCUT2D eigenvalue weighted by Crippen LogP contribution is -2.42. The highest BCUT2D eigenvalue weighted by Crippen LogP contribution is 2.17. The Kier molecular flexibility index (Phi) is 6.66. The number of para-hydroxylation sites is 1. The van der Waals surface area contributed by atoms with Gasteiger partial charge in [0.05, 0.1) is 12.7 Å². The Bertz CT molecular complexity index is 665. The first kappa shape index (κ1) is 17.8. The number of benzene rings is 1. The Morgan fingerprint density at radius 1 is 1.33 bits per heavy atom. The fraction of sp³-hybridized carbons (Fsp3) is 0.444. The second-order valence-corrected chi connectivity index (χ2v) is 5.85. The molecule has 1 heterocycles. The Hall–Kier alpha value is -2.50. The number of ether oxygens (including phenoxy) is 1. The minimum atomic E-state index is 0.0444. The van der Waals surface area contributed by atoms with E-state index in [0.29, 0.717) is 6.54 Å². The Balaban J connectivity index is 1.71. The van der Waals surface area contributed by atoms with Crippen molar-refractivity contribution in [3.63, 3.8) is 0 Å². The molecule has 1 aromatic heterocycles. The molecule has 1 unspecified atom stereocenters. The quantitative estimate of drug-likeness (QED) is 0.602. The van der Waals surface area contributed by atoms with Crippen LogP contribution in [0.25, 0.3) is 0 Å². The molecule has 130 valence electrons. The van der Waals surface area contributed by atoms with Gasteiger partial charge in [-0.25, -0.2) is 0 Å². The third-order valence-corrected chi connectivity index (χ3v) is 3.67. The van der Waals surface area contributed by atoms with E-state index in [2.05, 4.69) is 33.7 Å². The molecule has 2 aromatic rings. The molecule has 0 aliphatic rings. The summed E-state index contributed by atoms with van der Waals surface area (Å²) in [5.41, 5.74) is 2.35. The molecule has 6 nitrogen and oxygen atoms in total. The molecule has 0 bridgehead atoms. The van der Waals surface area contributed by atoms with E-state index >= 15 is 0 Å². The van der Waals surface area contributed by atoms with Gasteiger partial charge in [-0.1, -0.05) is 18.2 Å². The molecule has 0 fully saturated rings. The van der Waals surface area contributed by atoms with E-state index in [1.54, 1.807) is 7.05 Å². The highest BCUT2D eigenvalue weighted by molar-refractivity contribution is 5.79. The number of aryl methyl sites for hydroxylation is 2. The molecule has 2 rings (SSSR count). The van der Waals surface area contributed by atoms with Crippen LogP contribution in [-0.2, 0) is 13.5 Å². The third-order valence-electron chi connectivity index (χ3n) is 3.67. The Labute approximate surface area is 143 Å². The van der Waals surface area contributed by atoms with Gasteiger partial charge in [-0.2, -0.15) is 5.10 Å². The number of guanidine groups is 1. The molecule has 0 spiro atoms. The van der Waals surface area contributed by atoms with Crippen molar-refractivity contribution in [3.8, 4) is 5.75 Å². The van der Waals surface area contributed by atoms with Crippen LogP contribution in [0.1, 0.15) is 18.1 Å². The molecule has 6 heteroatoms. The molecule has 1 aromatic carbocycles. The van der Waals surface area contributed by atoms with Gasteiger partial charge in [-0.3, -0.25) is 9.67 Å². The van der Waals surface area contributed by atoms with Crippen molar-refractivity contribution in [2.24, 2.45) is 12.0 Å². The molecule has 0 aliphatic carbocycles. The van der Waals surface area contributed by atoms with Crippen LogP contribution in [-0.4, -0.2) is 42.0 Å². The second kappa shape index (κ2) is 8.96. The van der Waals surface area contributed by atoms with Crippen molar-refractivity contribution in [3.05, 3.63) is 47.8 Å². The van der Waals surface area contributed by atoms with E-state index in [-0.39, 0.29) is 6.10 Å². The number of rotatable bonds is 7. The fourth-order valence-electron chi connectivity index (χ4n) is 2.33. The molecule has 24 heavy (non-hydrogen) atoms. The van der Waals surface area contributed by atoms with Crippen molar-refractivity contribution in [1.29, 1.82) is 0 Å². The maximum Gasteiger partial charge on any atom is 0.191 e. The molecule has 0 amide bonds. The highest BCUT2D eigenvalue weighted by Gasteiger charge is 2.07. The first-order chi connectivity index (χ1) is 11.6. The lowest BCUT2D eigenvalue weighted by Gasteiger charge is -2.18. The standard InChI is InChI=1S/C18H27N5O/c1-14-7-5-6-8-17(14)24-15(2)11-21-18(19-3)20-10-9-16-12-22-23(4)13-16/h5-8,12-13,15H,9-11H2,1-4H3,(H2,19,20,21). The zero-order valence-electron chi connectivity index (χ0n) is 14.9. The van der Waals surface area contributed by atoms with Crippen molar-refractivity contribution in [2.75, 3.05) is 20.1 Å². The van der Waals surface area contributed by atoms with Crippen LogP contribution in [0.4, 0.5) is 0 Å². The second-order valence-electron chi connectivity index (χ2n) is 5.85. The van der Waals surface area contributed by atoms with E-state index in [0.717, 1.165) is 30.2 Å². The normalized spacial score (nSPS) is 12.8. The van der Waals surface area contributed by atoms with Crippen LogP contribution < -0.4 is 15.4 Å². The van der Waals surface area contributed by atoms with E-state index in [4.69, 9.17) is 4.74 Å². The third kappa shape index (κ3) is 5.61. The molecule has 0 aliphatic heterocycles. The molecular weight excluding hydrogens is 302 g/mol. The van der Waals surface area contributed by atoms with Crippen LogP contribution in [0.3, 0.4) is 0 Å². The smallest absolute Gasteiger partial charge is 0.191 e. The average molecular weight is 329 g/mol. The fourth-order valence-corrected chi connectivity index (χ4v) is 2.33. The highest BCUT2D eigenvalue weighted by atomic mass is 16.5. The van der Waals surface area contributed by atoms with Gasteiger partial charge >= 0.3 is 0 Å². The predicted molar refractivity (Wildman–Crippen MR) is 97.5 cm³/mol. The lowest BCUT2D eigenvalue weighted by atomic mass is 10.2. The number of aliphatic imine (C=N–C) groups is 1. The summed E-state index contributed by atoms with van der Waals surface area (Å²) in [7, 11) is 3.69. The summed E-state index contributed by atoms with van der Waals surface area (Å²) < 4.78 is 7.77. The van der Waals surface area contributed by atoms with Gasteiger partial charge in [-0.15, -0.1) is 0 Å². The van der Waals surface area contributed by atoms with Crippen molar-refractivity contribution < 1.29 is 4.74 Å². The SMILES string of the molecule is CN=C(NCCc1cnn(C)c1)NCC(C)Oc1ccccc1C. The number of aromatic nitrogens is 2. The number of hydrogen-bond donors (Lipinski definition) is 2. The van der Waals surface area contributed by atoms with Gasteiger partial charge in [0.25, 0.3) is 0 Å². The zero-order chi connectivity index (χ0) is 17.4. The van der Waals surface area contributed by atoms with E-state index in [9.17, 15) is 0 Å². The number of nitrogens with zero attached hydrogens (tertiary/aromatic N) is 3. The summed E-state index contributed by atoms with van der Waals surface area (Å²) in [5, 5.41) is 10.8. The predicted octanol–water partition coefficient (Wildman–Crippen LogP) is 1.90. The molecule has 0 saturated heterocycles. The summed E-state index contributed by atoms with van der Waals surface area (Å²) in [4.78, 5) is 4.24. The molecule has 2 N–H and O–H groups in total. The Morgan fingerprint density at radius 2 is 2.12 bits per heavy atom. The van der Waals surface area contributed by atoms with Crippen LogP contribution in [0.5, 0.6) is 5.75 Å². The first-order valence-corrected chi connectivity index (χ1v) is 8.23. The molecule has 1 atom stereocenters. The molecular formula is C18H27N5O. The van der Waals surface area contributed by atoms with E-state index in [1.165, 1.54) is 5.56 Å². The van der Waals surface area contributed by atoms with Gasteiger partial charge in [0.2, 0.25) is 0 Å². The summed E-state index contributed by atoms with van der Waals surface area (Å²) in [5.74, 6) is 1.70. The van der Waals surface area contributed by atoms with Crippen LogP contribution in [0, 0.1) is 6.92 Å². The topological polar surface area (TPSA) is 63.5 Å². The van der Waals surface area contributed by atoms with Gasteiger partial charge < -0.3 is 15.4 Å². The number of nitrogens with one attached hydrogen (secondary N) is 2. The van der Waals surface area contributed by atoms with Crippen LogP contribution in [0.15, 0.2) is 41.7 Å². The zero-order valence-corrected chi connectivity index (χ0v) is 14.9. The molecule has 0 saturated carbocycles. The Morgan fingerprint density at radius 3 is 2.79 bits per heavy atom. The van der Waals surface area contributed by atoms with Crippen molar-refractivity contribution >= 4 is 5.96 Å².